The zero-order chi connectivity index (χ0) is 14.8. The molecule has 0 unspecified atom stereocenters. The van der Waals surface area contributed by atoms with Crippen molar-refractivity contribution in [1.29, 1.82) is 0 Å². The number of nitrogens with zero attached hydrogens (tertiary/aromatic N) is 3. The van der Waals surface area contributed by atoms with Gasteiger partial charge in [-0.3, -0.25) is 0 Å². The molecular formula is C13H22N4O2. The van der Waals surface area contributed by atoms with E-state index < -0.39 is 5.60 Å². The van der Waals surface area contributed by atoms with Crippen LogP contribution in [0, 0.1) is 13.8 Å². The predicted molar refractivity (Wildman–Crippen MR) is 75.8 cm³/mol. The third-order valence-corrected chi connectivity index (χ3v) is 2.68. The summed E-state index contributed by atoms with van der Waals surface area (Å²) in [6.45, 7) is 7.58. The first-order chi connectivity index (χ1) is 8.65. The fraction of sp³-hybridized carbons (Fsp3) is 0.538. The second-order valence-corrected chi connectivity index (χ2v) is 5.43. The lowest BCUT2D eigenvalue weighted by Gasteiger charge is -2.28. The van der Waals surface area contributed by atoms with E-state index in [4.69, 9.17) is 10.9 Å². The van der Waals surface area contributed by atoms with Crippen LogP contribution in [0.25, 0.3) is 0 Å². The molecule has 0 amide bonds. The lowest BCUT2D eigenvalue weighted by Crippen LogP contribution is -2.38. The van der Waals surface area contributed by atoms with Crippen LogP contribution in [0.2, 0.25) is 0 Å². The summed E-state index contributed by atoms with van der Waals surface area (Å²) >= 11 is 0. The molecule has 0 radical (unpaired) electrons. The molecule has 1 heterocycles. The van der Waals surface area contributed by atoms with Gasteiger partial charge in [-0.05, 0) is 39.3 Å². The van der Waals surface area contributed by atoms with Crippen molar-refractivity contribution in [3.63, 3.8) is 0 Å². The largest absolute Gasteiger partial charge is 0.409 e. The number of pyridine rings is 1. The number of oxime groups is 1. The number of aliphatic hydroxyl groups is 1. The van der Waals surface area contributed by atoms with E-state index >= 15 is 0 Å². The highest BCUT2D eigenvalue weighted by Crippen LogP contribution is 2.23. The van der Waals surface area contributed by atoms with Gasteiger partial charge in [0.05, 0.1) is 11.2 Å². The summed E-state index contributed by atoms with van der Waals surface area (Å²) in [6.07, 6.45) is 0. The predicted octanol–water partition coefficient (Wildman–Crippen LogP) is 1.00. The summed E-state index contributed by atoms with van der Waals surface area (Å²) in [4.78, 5) is 6.23. The minimum atomic E-state index is -0.865. The first-order valence-electron chi connectivity index (χ1n) is 6.05. The summed E-state index contributed by atoms with van der Waals surface area (Å²) < 4.78 is 0. The Bertz CT molecular complexity index is 492. The van der Waals surface area contributed by atoms with Crippen LogP contribution in [0.5, 0.6) is 0 Å². The van der Waals surface area contributed by atoms with Crippen molar-refractivity contribution in [1.82, 2.24) is 4.98 Å². The zero-order valence-electron chi connectivity index (χ0n) is 12.1. The molecule has 1 rings (SSSR count). The normalized spacial score (nSPS) is 12.6. The zero-order valence-corrected chi connectivity index (χ0v) is 12.1. The van der Waals surface area contributed by atoms with Crippen LogP contribution in [-0.2, 0) is 0 Å². The molecular weight excluding hydrogens is 244 g/mol. The maximum atomic E-state index is 9.89. The maximum Gasteiger partial charge on any atom is 0.174 e. The van der Waals surface area contributed by atoms with Gasteiger partial charge in [0.2, 0.25) is 0 Å². The van der Waals surface area contributed by atoms with Crippen molar-refractivity contribution < 1.29 is 10.3 Å². The standard InChI is InChI=1S/C13H22N4O2/c1-8-6-9(2)15-12(10(8)11(14)16-19)17(5)7-13(3,4)18/h6,18-19H,7H2,1-5H3,(H2,14,16). The summed E-state index contributed by atoms with van der Waals surface area (Å²) in [7, 11) is 1.81. The molecule has 1 aromatic rings. The Morgan fingerprint density at radius 2 is 2.05 bits per heavy atom. The van der Waals surface area contributed by atoms with Crippen LogP contribution in [0.1, 0.15) is 30.7 Å². The van der Waals surface area contributed by atoms with Crippen molar-refractivity contribution in [2.24, 2.45) is 10.9 Å². The molecule has 19 heavy (non-hydrogen) atoms. The van der Waals surface area contributed by atoms with Crippen LogP contribution < -0.4 is 10.6 Å². The molecule has 0 aliphatic rings. The average molecular weight is 266 g/mol. The molecule has 0 aliphatic carbocycles. The van der Waals surface area contributed by atoms with Gasteiger partial charge in [0.1, 0.15) is 5.82 Å². The molecule has 6 nitrogen and oxygen atoms in total. The molecule has 0 aromatic carbocycles. The van der Waals surface area contributed by atoms with Gasteiger partial charge in [-0.2, -0.15) is 0 Å². The number of aromatic nitrogens is 1. The minimum Gasteiger partial charge on any atom is -0.409 e. The van der Waals surface area contributed by atoms with E-state index in [-0.39, 0.29) is 5.84 Å². The van der Waals surface area contributed by atoms with Crippen LogP contribution in [0.15, 0.2) is 11.2 Å². The quantitative estimate of drug-likeness (QED) is 0.327. The van der Waals surface area contributed by atoms with E-state index in [0.29, 0.717) is 17.9 Å². The fourth-order valence-electron chi connectivity index (χ4n) is 2.12. The summed E-state index contributed by atoms with van der Waals surface area (Å²) in [5.74, 6) is 0.609. The van der Waals surface area contributed by atoms with Crippen LogP contribution >= 0.6 is 0 Å². The van der Waals surface area contributed by atoms with E-state index in [1.54, 1.807) is 18.7 Å². The van der Waals surface area contributed by atoms with Crippen LogP contribution in [0.3, 0.4) is 0 Å². The average Bonchev–Trinajstić information content (AvgIpc) is 2.24. The first kappa shape index (κ1) is 15.2. The number of amidine groups is 1. The molecule has 1 aromatic heterocycles. The number of likely N-dealkylation sites (N-methyl/N-ethyl adjacent to an activating group) is 1. The molecule has 0 aliphatic heterocycles. The Hall–Kier alpha value is -1.82. The van der Waals surface area contributed by atoms with Gasteiger partial charge in [-0.1, -0.05) is 5.16 Å². The maximum absolute atomic E-state index is 9.89. The summed E-state index contributed by atoms with van der Waals surface area (Å²) in [5, 5.41) is 21.8. The van der Waals surface area contributed by atoms with E-state index in [1.165, 1.54) is 0 Å². The second-order valence-electron chi connectivity index (χ2n) is 5.43. The second kappa shape index (κ2) is 5.44. The van der Waals surface area contributed by atoms with E-state index in [1.807, 2.05) is 27.0 Å². The van der Waals surface area contributed by atoms with Crippen molar-refractivity contribution in [2.45, 2.75) is 33.3 Å². The van der Waals surface area contributed by atoms with Crippen molar-refractivity contribution in [2.75, 3.05) is 18.5 Å². The van der Waals surface area contributed by atoms with Gasteiger partial charge < -0.3 is 20.9 Å². The number of hydrogen-bond donors (Lipinski definition) is 3. The molecule has 4 N–H and O–H groups in total. The minimum absolute atomic E-state index is 0.0163. The SMILES string of the molecule is Cc1cc(C)c(C(N)=NO)c(N(C)CC(C)(C)O)n1. The van der Waals surface area contributed by atoms with Gasteiger partial charge in [-0.15, -0.1) is 0 Å². The number of rotatable bonds is 4. The Balaban J connectivity index is 3.32. The Labute approximate surface area is 113 Å². The molecule has 0 saturated heterocycles. The topological polar surface area (TPSA) is 95.0 Å². The molecule has 0 atom stereocenters. The molecule has 0 bridgehead atoms. The van der Waals surface area contributed by atoms with E-state index in [9.17, 15) is 5.11 Å². The monoisotopic (exact) mass is 266 g/mol. The Morgan fingerprint density at radius 1 is 1.47 bits per heavy atom. The van der Waals surface area contributed by atoms with Crippen LogP contribution in [-0.4, -0.2) is 40.3 Å². The third kappa shape index (κ3) is 3.82. The third-order valence-electron chi connectivity index (χ3n) is 2.68. The Kier molecular flexibility index (Phi) is 4.36. The molecule has 0 spiro atoms. The van der Waals surface area contributed by atoms with Gasteiger partial charge >= 0.3 is 0 Å². The van der Waals surface area contributed by atoms with Crippen molar-refractivity contribution in [3.05, 3.63) is 22.9 Å². The fourth-order valence-corrected chi connectivity index (χ4v) is 2.12. The molecule has 0 fully saturated rings. The van der Waals surface area contributed by atoms with Crippen molar-refractivity contribution >= 4 is 11.7 Å². The molecule has 0 saturated carbocycles. The van der Waals surface area contributed by atoms with Gasteiger partial charge in [0, 0.05) is 19.3 Å². The first-order valence-corrected chi connectivity index (χ1v) is 6.05. The van der Waals surface area contributed by atoms with Gasteiger partial charge in [0.25, 0.3) is 0 Å². The van der Waals surface area contributed by atoms with Gasteiger partial charge in [0.15, 0.2) is 5.84 Å². The smallest absolute Gasteiger partial charge is 0.174 e. The lowest BCUT2D eigenvalue weighted by molar-refractivity contribution is 0.0884. The van der Waals surface area contributed by atoms with Crippen molar-refractivity contribution in [3.8, 4) is 0 Å². The molecule has 6 heteroatoms. The number of anilines is 1. The number of nitrogens with two attached hydrogens (primary N) is 1. The highest BCUT2D eigenvalue weighted by atomic mass is 16.4. The summed E-state index contributed by atoms with van der Waals surface area (Å²) in [6, 6.07) is 1.87. The Morgan fingerprint density at radius 3 is 2.53 bits per heavy atom. The van der Waals surface area contributed by atoms with Crippen LogP contribution in [0.4, 0.5) is 5.82 Å². The number of hydrogen-bond acceptors (Lipinski definition) is 5. The summed E-state index contributed by atoms with van der Waals surface area (Å²) in [5.41, 5.74) is 7.15. The highest BCUT2D eigenvalue weighted by molar-refractivity contribution is 6.02. The van der Waals surface area contributed by atoms with E-state index in [0.717, 1.165) is 11.3 Å². The highest BCUT2D eigenvalue weighted by Gasteiger charge is 2.21. The lowest BCUT2D eigenvalue weighted by atomic mass is 10.1. The van der Waals surface area contributed by atoms with E-state index in [2.05, 4.69) is 10.1 Å². The molecule has 106 valence electrons. The van der Waals surface area contributed by atoms with Gasteiger partial charge in [-0.25, -0.2) is 4.98 Å². The number of aryl methyl sites for hydroxylation is 2.